The number of carboxylic acid groups (broad SMARTS) is 1. The van der Waals surface area contributed by atoms with Gasteiger partial charge >= 0.3 is 5.97 Å². The van der Waals surface area contributed by atoms with Crippen LogP contribution in [0.5, 0.6) is 5.75 Å². The molecule has 0 spiro atoms. The monoisotopic (exact) mass is 262 g/mol. The SMILES string of the molecule is COc1cccc(C(C(=O)O)C2CCCCC2)c1C. The lowest BCUT2D eigenvalue weighted by molar-refractivity contribution is -0.140. The molecule has 3 heteroatoms. The molecule has 0 bridgehead atoms. The minimum atomic E-state index is -0.705. The standard InChI is InChI=1S/C16H22O3/c1-11-13(9-6-10-14(11)19-2)15(16(17)18)12-7-4-3-5-8-12/h6,9-10,12,15H,3-5,7-8H2,1-2H3,(H,17,18). The number of methoxy groups -OCH3 is 1. The Morgan fingerprint density at radius 3 is 2.58 bits per heavy atom. The summed E-state index contributed by atoms with van der Waals surface area (Å²) >= 11 is 0. The van der Waals surface area contributed by atoms with Crippen molar-refractivity contribution in [3.8, 4) is 5.75 Å². The molecule has 1 aliphatic rings. The molecule has 1 atom stereocenters. The van der Waals surface area contributed by atoms with E-state index in [2.05, 4.69) is 0 Å². The normalized spacial score (nSPS) is 18.0. The van der Waals surface area contributed by atoms with Crippen LogP contribution in [0, 0.1) is 12.8 Å². The van der Waals surface area contributed by atoms with E-state index < -0.39 is 11.9 Å². The highest BCUT2D eigenvalue weighted by Crippen LogP contribution is 2.39. The summed E-state index contributed by atoms with van der Waals surface area (Å²) < 4.78 is 5.31. The van der Waals surface area contributed by atoms with Crippen LogP contribution < -0.4 is 4.74 Å². The van der Waals surface area contributed by atoms with Crippen molar-refractivity contribution in [1.82, 2.24) is 0 Å². The summed E-state index contributed by atoms with van der Waals surface area (Å²) in [5, 5.41) is 9.63. The third-order valence-corrected chi connectivity index (χ3v) is 4.27. The molecule has 1 aliphatic carbocycles. The fourth-order valence-corrected chi connectivity index (χ4v) is 3.25. The molecule has 1 N–H and O–H groups in total. The molecular weight excluding hydrogens is 240 g/mol. The van der Waals surface area contributed by atoms with E-state index in [1.165, 1.54) is 6.42 Å². The second kappa shape index (κ2) is 6.09. The van der Waals surface area contributed by atoms with Gasteiger partial charge in [0.15, 0.2) is 0 Å². The highest BCUT2D eigenvalue weighted by molar-refractivity contribution is 5.77. The first kappa shape index (κ1) is 13.9. The van der Waals surface area contributed by atoms with E-state index in [-0.39, 0.29) is 5.92 Å². The Labute approximate surface area is 114 Å². The first-order valence-corrected chi connectivity index (χ1v) is 7.01. The first-order chi connectivity index (χ1) is 9.15. The molecule has 1 aromatic rings. The molecule has 0 amide bonds. The minimum absolute atomic E-state index is 0.261. The molecule has 0 radical (unpaired) electrons. The predicted octanol–water partition coefficient (Wildman–Crippen LogP) is 3.75. The van der Waals surface area contributed by atoms with Gasteiger partial charge < -0.3 is 9.84 Å². The van der Waals surface area contributed by atoms with Gasteiger partial charge in [-0.15, -0.1) is 0 Å². The second-order valence-corrected chi connectivity index (χ2v) is 5.39. The molecule has 19 heavy (non-hydrogen) atoms. The van der Waals surface area contributed by atoms with Gasteiger partial charge in [0.05, 0.1) is 13.0 Å². The molecule has 3 nitrogen and oxygen atoms in total. The zero-order valence-electron chi connectivity index (χ0n) is 11.7. The van der Waals surface area contributed by atoms with Crippen molar-refractivity contribution in [2.45, 2.75) is 44.9 Å². The van der Waals surface area contributed by atoms with Crippen molar-refractivity contribution in [3.63, 3.8) is 0 Å². The molecule has 0 heterocycles. The van der Waals surface area contributed by atoms with Gasteiger partial charge in [0.1, 0.15) is 5.75 Å². The lowest BCUT2D eigenvalue weighted by atomic mass is 9.75. The second-order valence-electron chi connectivity index (χ2n) is 5.39. The van der Waals surface area contributed by atoms with Crippen molar-refractivity contribution >= 4 is 5.97 Å². The van der Waals surface area contributed by atoms with Gasteiger partial charge in [-0.3, -0.25) is 4.79 Å². The van der Waals surface area contributed by atoms with E-state index in [1.54, 1.807) is 7.11 Å². The number of hydrogen-bond donors (Lipinski definition) is 1. The highest BCUT2D eigenvalue weighted by atomic mass is 16.5. The van der Waals surface area contributed by atoms with Crippen LogP contribution in [-0.4, -0.2) is 18.2 Å². The van der Waals surface area contributed by atoms with E-state index in [1.807, 2.05) is 25.1 Å². The summed E-state index contributed by atoms with van der Waals surface area (Å²) in [7, 11) is 1.63. The Morgan fingerprint density at radius 2 is 2.00 bits per heavy atom. The summed E-state index contributed by atoms with van der Waals surface area (Å²) in [6.07, 6.45) is 5.58. The lowest BCUT2D eigenvalue weighted by Gasteiger charge is -2.29. The van der Waals surface area contributed by atoms with E-state index in [0.29, 0.717) is 0 Å². The summed E-state index contributed by atoms with van der Waals surface area (Å²) in [6, 6.07) is 5.71. The Morgan fingerprint density at radius 1 is 1.32 bits per heavy atom. The summed E-state index contributed by atoms with van der Waals surface area (Å²) in [6.45, 7) is 1.95. The van der Waals surface area contributed by atoms with Crippen molar-refractivity contribution in [2.75, 3.05) is 7.11 Å². The Balaban J connectivity index is 2.36. The Bertz CT molecular complexity index is 447. The van der Waals surface area contributed by atoms with E-state index in [9.17, 15) is 9.90 Å². The molecule has 1 aromatic carbocycles. The van der Waals surface area contributed by atoms with E-state index >= 15 is 0 Å². The van der Waals surface area contributed by atoms with Crippen LogP contribution in [0.3, 0.4) is 0 Å². The summed E-state index contributed by atoms with van der Waals surface area (Å²) in [5.74, 6) is -0.0599. The van der Waals surface area contributed by atoms with Gasteiger partial charge in [0.2, 0.25) is 0 Å². The fraction of sp³-hybridized carbons (Fsp3) is 0.562. The predicted molar refractivity (Wildman–Crippen MR) is 74.7 cm³/mol. The average Bonchev–Trinajstić information content (AvgIpc) is 2.42. The molecule has 0 aromatic heterocycles. The van der Waals surface area contributed by atoms with Crippen molar-refractivity contribution < 1.29 is 14.6 Å². The molecule has 0 saturated heterocycles. The molecule has 1 fully saturated rings. The number of ether oxygens (including phenoxy) is 1. The molecule has 1 unspecified atom stereocenters. The van der Waals surface area contributed by atoms with Crippen LogP contribution >= 0.6 is 0 Å². The smallest absolute Gasteiger partial charge is 0.311 e. The summed E-state index contributed by atoms with van der Waals surface area (Å²) in [5.41, 5.74) is 1.88. The van der Waals surface area contributed by atoms with Crippen LogP contribution in [0.25, 0.3) is 0 Å². The van der Waals surface area contributed by atoms with Crippen LogP contribution in [0.15, 0.2) is 18.2 Å². The zero-order valence-corrected chi connectivity index (χ0v) is 11.7. The van der Waals surface area contributed by atoms with Crippen LogP contribution in [-0.2, 0) is 4.79 Å². The van der Waals surface area contributed by atoms with Crippen molar-refractivity contribution in [3.05, 3.63) is 29.3 Å². The van der Waals surface area contributed by atoms with Crippen molar-refractivity contribution in [1.29, 1.82) is 0 Å². The van der Waals surface area contributed by atoms with Crippen LogP contribution in [0.4, 0.5) is 0 Å². The third-order valence-electron chi connectivity index (χ3n) is 4.27. The maximum absolute atomic E-state index is 11.7. The maximum atomic E-state index is 11.7. The highest BCUT2D eigenvalue weighted by Gasteiger charge is 2.32. The van der Waals surface area contributed by atoms with Gasteiger partial charge in [-0.05, 0) is 42.9 Å². The fourth-order valence-electron chi connectivity index (χ4n) is 3.25. The van der Waals surface area contributed by atoms with Gasteiger partial charge in [0, 0.05) is 0 Å². The minimum Gasteiger partial charge on any atom is -0.496 e. The lowest BCUT2D eigenvalue weighted by Crippen LogP contribution is -2.24. The summed E-state index contributed by atoms with van der Waals surface area (Å²) in [4.78, 5) is 11.7. The Kier molecular flexibility index (Phi) is 4.46. The zero-order chi connectivity index (χ0) is 13.8. The molecule has 2 rings (SSSR count). The van der Waals surface area contributed by atoms with Crippen molar-refractivity contribution in [2.24, 2.45) is 5.92 Å². The van der Waals surface area contributed by atoms with Gasteiger partial charge in [0.25, 0.3) is 0 Å². The van der Waals surface area contributed by atoms with E-state index in [0.717, 1.165) is 42.6 Å². The molecular formula is C16H22O3. The number of carbonyl (C=O) groups is 1. The molecule has 104 valence electrons. The van der Waals surface area contributed by atoms with Crippen LogP contribution in [0.1, 0.15) is 49.1 Å². The number of aliphatic carboxylic acids is 1. The third kappa shape index (κ3) is 2.91. The Hall–Kier alpha value is -1.51. The number of hydrogen-bond acceptors (Lipinski definition) is 2. The first-order valence-electron chi connectivity index (χ1n) is 7.01. The average molecular weight is 262 g/mol. The molecule has 0 aliphatic heterocycles. The van der Waals surface area contributed by atoms with Gasteiger partial charge in [-0.2, -0.15) is 0 Å². The van der Waals surface area contributed by atoms with Gasteiger partial charge in [-0.25, -0.2) is 0 Å². The van der Waals surface area contributed by atoms with Crippen LogP contribution in [0.2, 0.25) is 0 Å². The van der Waals surface area contributed by atoms with E-state index in [4.69, 9.17) is 4.74 Å². The molecule has 1 saturated carbocycles. The maximum Gasteiger partial charge on any atom is 0.311 e. The number of rotatable bonds is 4. The van der Waals surface area contributed by atoms with Gasteiger partial charge in [-0.1, -0.05) is 31.4 Å². The largest absolute Gasteiger partial charge is 0.496 e. The number of benzene rings is 1. The number of carboxylic acids is 1. The topological polar surface area (TPSA) is 46.5 Å². The quantitative estimate of drug-likeness (QED) is 0.898.